The molecule has 2 amide bonds. The Balaban J connectivity index is 1.58. The molecule has 0 fully saturated rings. The number of benzene rings is 3. The molecule has 8 heteroatoms. The van der Waals surface area contributed by atoms with Crippen molar-refractivity contribution >= 4 is 54.4 Å². The highest BCUT2D eigenvalue weighted by atomic mass is 79.9. The third-order valence-corrected chi connectivity index (χ3v) is 5.36. The molecule has 30 heavy (non-hydrogen) atoms. The zero-order valence-corrected chi connectivity index (χ0v) is 19.5. The van der Waals surface area contributed by atoms with Gasteiger partial charge >= 0.3 is 0 Å². The van der Waals surface area contributed by atoms with Crippen LogP contribution in [0.15, 0.2) is 63.5 Å². The molecule has 0 heterocycles. The first-order chi connectivity index (χ1) is 14.3. The fourth-order valence-electron chi connectivity index (χ4n) is 2.74. The number of ether oxygens (including phenoxy) is 2. The molecule has 0 spiro atoms. The Morgan fingerprint density at radius 2 is 1.73 bits per heavy atom. The van der Waals surface area contributed by atoms with E-state index in [-0.39, 0.29) is 12.7 Å². The minimum Gasteiger partial charge on any atom is -0.490 e. The zero-order valence-electron chi connectivity index (χ0n) is 16.4. The largest absolute Gasteiger partial charge is 0.490 e. The minimum atomic E-state index is -0.492. The van der Waals surface area contributed by atoms with E-state index in [2.05, 4.69) is 42.7 Å². The number of amides is 2. The number of para-hydroxylation sites is 1. The standard InChI is InChI=1S/C22H20Br2N2O4/c1-13(2)30-18-6-4-3-5-17(18)22(28)26-25-20(27)12-29-19-10-7-14-11-15(23)8-9-16(14)21(19)24/h3-11,13H,12H2,1-2H3,(H,25,27)(H,26,28). The Morgan fingerprint density at radius 1 is 0.967 bits per heavy atom. The van der Waals surface area contributed by atoms with Crippen molar-refractivity contribution in [2.24, 2.45) is 0 Å². The maximum Gasteiger partial charge on any atom is 0.276 e. The van der Waals surface area contributed by atoms with Gasteiger partial charge in [0.05, 0.1) is 16.1 Å². The second-order valence-electron chi connectivity index (χ2n) is 6.70. The normalized spacial score (nSPS) is 10.7. The van der Waals surface area contributed by atoms with E-state index in [9.17, 15) is 9.59 Å². The van der Waals surface area contributed by atoms with Crippen molar-refractivity contribution in [1.29, 1.82) is 0 Å². The van der Waals surface area contributed by atoms with Gasteiger partial charge in [-0.05, 0) is 70.9 Å². The lowest BCUT2D eigenvalue weighted by Gasteiger charge is -2.14. The average molecular weight is 536 g/mol. The fraction of sp³-hybridized carbons (Fsp3) is 0.182. The summed E-state index contributed by atoms with van der Waals surface area (Å²) in [7, 11) is 0. The summed E-state index contributed by atoms with van der Waals surface area (Å²) >= 11 is 6.97. The third-order valence-electron chi connectivity index (χ3n) is 4.05. The van der Waals surface area contributed by atoms with Crippen molar-refractivity contribution in [1.82, 2.24) is 10.9 Å². The van der Waals surface area contributed by atoms with Crippen LogP contribution in [0.4, 0.5) is 0 Å². The number of halogens is 2. The summed E-state index contributed by atoms with van der Waals surface area (Å²) in [5.74, 6) is 0.00897. The van der Waals surface area contributed by atoms with Gasteiger partial charge in [-0.1, -0.05) is 40.2 Å². The van der Waals surface area contributed by atoms with E-state index in [0.717, 1.165) is 19.7 Å². The van der Waals surface area contributed by atoms with E-state index in [4.69, 9.17) is 9.47 Å². The number of nitrogens with one attached hydrogen (secondary N) is 2. The SMILES string of the molecule is CC(C)Oc1ccccc1C(=O)NNC(=O)COc1ccc2cc(Br)ccc2c1Br. The monoisotopic (exact) mass is 534 g/mol. The van der Waals surface area contributed by atoms with Crippen molar-refractivity contribution in [2.75, 3.05) is 6.61 Å². The van der Waals surface area contributed by atoms with E-state index in [1.807, 2.05) is 38.1 Å². The minimum absolute atomic E-state index is 0.0801. The number of hydrogen-bond acceptors (Lipinski definition) is 4. The van der Waals surface area contributed by atoms with E-state index < -0.39 is 11.8 Å². The quantitative estimate of drug-likeness (QED) is 0.436. The number of carbonyl (C=O) groups excluding carboxylic acids is 2. The second kappa shape index (κ2) is 9.95. The van der Waals surface area contributed by atoms with Crippen LogP contribution < -0.4 is 20.3 Å². The maximum atomic E-state index is 12.4. The van der Waals surface area contributed by atoms with Gasteiger partial charge in [-0.3, -0.25) is 20.4 Å². The van der Waals surface area contributed by atoms with Crippen molar-refractivity contribution in [3.8, 4) is 11.5 Å². The second-order valence-corrected chi connectivity index (χ2v) is 8.41. The van der Waals surface area contributed by atoms with Crippen LogP contribution in [0.5, 0.6) is 11.5 Å². The van der Waals surface area contributed by atoms with Gasteiger partial charge in [0.15, 0.2) is 6.61 Å². The first-order valence-electron chi connectivity index (χ1n) is 9.20. The highest BCUT2D eigenvalue weighted by Gasteiger charge is 2.14. The molecule has 0 saturated heterocycles. The molecular weight excluding hydrogens is 516 g/mol. The summed E-state index contributed by atoms with van der Waals surface area (Å²) in [6.07, 6.45) is -0.0801. The molecule has 2 N–H and O–H groups in total. The Morgan fingerprint density at radius 3 is 2.50 bits per heavy atom. The molecule has 0 atom stereocenters. The van der Waals surface area contributed by atoms with Crippen LogP contribution in [0.3, 0.4) is 0 Å². The van der Waals surface area contributed by atoms with E-state index in [0.29, 0.717) is 17.1 Å². The number of fused-ring (bicyclic) bond motifs is 1. The van der Waals surface area contributed by atoms with Gasteiger partial charge < -0.3 is 9.47 Å². The van der Waals surface area contributed by atoms with E-state index in [1.54, 1.807) is 30.3 Å². The summed E-state index contributed by atoms with van der Waals surface area (Å²) in [5.41, 5.74) is 5.07. The molecular formula is C22H20Br2N2O4. The molecule has 0 aliphatic heterocycles. The molecule has 0 saturated carbocycles. The summed E-state index contributed by atoms with van der Waals surface area (Å²) in [6.45, 7) is 3.49. The Bertz CT molecular complexity index is 1090. The maximum absolute atomic E-state index is 12.4. The molecule has 3 aromatic carbocycles. The number of rotatable bonds is 6. The zero-order chi connectivity index (χ0) is 21.7. The van der Waals surface area contributed by atoms with Gasteiger partial charge in [-0.25, -0.2) is 0 Å². The molecule has 6 nitrogen and oxygen atoms in total. The highest BCUT2D eigenvalue weighted by Crippen LogP contribution is 2.34. The van der Waals surface area contributed by atoms with Gasteiger partial charge in [-0.2, -0.15) is 0 Å². The topological polar surface area (TPSA) is 76.7 Å². The van der Waals surface area contributed by atoms with Crippen LogP contribution >= 0.6 is 31.9 Å². The smallest absolute Gasteiger partial charge is 0.276 e. The van der Waals surface area contributed by atoms with E-state index in [1.165, 1.54) is 0 Å². The van der Waals surface area contributed by atoms with Gasteiger partial charge in [0, 0.05) is 4.47 Å². The van der Waals surface area contributed by atoms with Crippen molar-refractivity contribution in [2.45, 2.75) is 20.0 Å². The van der Waals surface area contributed by atoms with Crippen molar-refractivity contribution in [3.05, 3.63) is 69.1 Å². The number of hydrogen-bond donors (Lipinski definition) is 2. The first-order valence-corrected chi connectivity index (χ1v) is 10.8. The predicted molar refractivity (Wildman–Crippen MR) is 123 cm³/mol. The van der Waals surface area contributed by atoms with Crippen LogP contribution in [0.2, 0.25) is 0 Å². The lowest BCUT2D eigenvalue weighted by Crippen LogP contribution is -2.44. The Hall–Kier alpha value is -2.58. The summed E-state index contributed by atoms with van der Waals surface area (Å²) in [5, 5.41) is 1.99. The summed E-state index contributed by atoms with van der Waals surface area (Å²) in [4.78, 5) is 24.5. The van der Waals surface area contributed by atoms with Gasteiger partial charge in [-0.15, -0.1) is 0 Å². The Kier molecular flexibility index (Phi) is 7.33. The molecule has 3 rings (SSSR count). The highest BCUT2D eigenvalue weighted by molar-refractivity contribution is 9.11. The van der Waals surface area contributed by atoms with Gasteiger partial charge in [0.2, 0.25) is 0 Å². The fourth-order valence-corrected chi connectivity index (χ4v) is 3.72. The van der Waals surface area contributed by atoms with Gasteiger partial charge in [0.1, 0.15) is 11.5 Å². The Labute approximate surface area is 191 Å². The predicted octanol–water partition coefficient (Wildman–Crippen LogP) is 4.99. The van der Waals surface area contributed by atoms with E-state index >= 15 is 0 Å². The molecule has 0 aliphatic rings. The molecule has 0 unspecified atom stereocenters. The number of hydrazine groups is 1. The van der Waals surface area contributed by atoms with Crippen LogP contribution in [0.25, 0.3) is 10.8 Å². The number of carbonyl (C=O) groups is 2. The lowest BCUT2D eigenvalue weighted by atomic mass is 10.1. The third kappa shape index (κ3) is 5.52. The average Bonchev–Trinajstić information content (AvgIpc) is 2.71. The molecule has 0 aromatic heterocycles. The van der Waals surface area contributed by atoms with Crippen LogP contribution in [0.1, 0.15) is 24.2 Å². The summed E-state index contributed by atoms with van der Waals surface area (Å²) < 4.78 is 13.0. The van der Waals surface area contributed by atoms with Crippen molar-refractivity contribution in [3.63, 3.8) is 0 Å². The van der Waals surface area contributed by atoms with Crippen LogP contribution in [0, 0.1) is 0 Å². The first kappa shape index (κ1) is 22.1. The molecule has 3 aromatic rings. The molecule has 0 radical (unpaired) electrons. The summed E-state index contributed by atoms with van der Waals surface area (Å²) in [6, 6.07) is 16.4. The van der Waals surface area contributed by atoms with Crippen LogP contribution in [-0.4, -0.2) is 24.5 Å². The van der Waals surface area contributed by atoms with Crippen LogP contribution in [-0.2, 0) is 4.79 Å². The molecule has 156 valence electrons. The molecule has 0 aliphatic carbocycles. The van der Waals surface area contributed by atoms with Gasteiger partial charge in [0.25, 0.3) is 11.8 Å². The lowest BCUT2D eigenvalue weighted by molar-refractivity contribution is -0.123. The molecule has 0 bridgehead atoms. The van der Waals surface area contributed by atoms with Crippen molar-refractivity contribution < 1.29 is 19.1 Å².